The third-order valence-electron chi connectivity index (χ3n) is 4.36. The first-order chi connectivity index (χ1) is 13.9. The number of aromatic nitrogens is 1. The number of benzene rings is 1. The lowest BCUT2D eigenvalue weighted by atomic mass is 9.99. The molecular weight excluding hydrogens is 514 g/mol. The molecule has 166 valence electrons. The Morgan fingerprint density at radius 1 is 1.17 bits per heavy atom. The fraction of sp³-hybridized carbons (Fsp3) is 0.421. The van der Waals surface area contributed by atoms with E-state index in [1.165, 1.54) is 7.05 Å². The summed E-state index contributed by atoms with van der Waals surface area (Å²) in [6, 6.07) is 3.55. The van der Waals surface area contributed by atoms with E-state index >= 15 is 0 Å². The number of anilines is 1. The van der Waals surface area contributed by atoms with Crippen LogP contribution in [0, 0.1) is 17.5 Å². The molecule has 1 amide bonds. The minimum Gasteiger partial charge on any atom is -0.359 e. The number of aliphatic imine (C=N–C) groups is 1. The van der Waals surface area contributed by atoms with Crippen LogP contribution in [0.5, 0.6) is 0 Å². The van der Waals surface area contributed by atoms with Gasteiger partial charge in [-0.2, -0.15) is 0 Å². The van der Waals surface area contributed by atoms with Crippen LogP contribution in [0.25, 0.3) is 0 Å². The average molecular weight is 539 g/mol. The molecule has 0 spiro atoms. The van der Waals surface area contributed by atoms with Gasteiger partial charge in [0.2, 0.25) is 5.91 Å². The SMILES string of the molecule is CCC(CC)c1cc(CNC(=NC)NCC(=O)Nc2ccc(F)c(F)c2F)on1.I. The summed E-state index contributed by atoms with van der Waals surface area (Å²) in [5.41, 5.74) is 0.442. The van der Waals surface area contributed by atoms with Crippen molar-refractivity contribution in [2.75, 3.05) is 18.9 Å². The minimum absolute atomic E-state index is 0. The molecule has 30 heavy (non-hydrogen) atoms. The Hall–Kier alpha value is -2.31. The number of carbonyl (C=O) groups is 1. The van der Waals surface area contributed by atoms with Gasteiger partial charge < -0.3 is 20.5 Å². The van der Waals surface area contributed by atoms with Crippen molar-refractivity contribution in [3.63, 3.8) is 0 Å². The Morgan fingerprint density at radius 2 is 1.87 bits per heavy atom. The second-order valence-electron chi connectivity index (χ2n) is 6.28. The molecule has 0 radical (unpaired) electrons. The second-order valence-corrected chi connectivity index (χ2v) is 6.28. The number of halogens is 4. The normalized spacial score (nSPS) is 11.2. The first kappa shape index (κ1) is 25.7. The highest BCUT2D eigenvalue weighted by molar-refractivity contribution is 14.0. The van der Waals surface area contributed by atoms with Crippen LogP contribution in [0.4, 0.5) is 18.9 Å². The Bertz CT molecular complexity index is 872. The van der Waals surface area contributed by atoms with Crippen molar-refractivity contribution in [1.29, 1.82) is 0 Å². The number of nitrogens with zero attached hydrogens (tertiary/aromatic N) is 2. The lowest BCUT2D eigenvalue weighted by Gasteiger charge is -2.11. The number of hydrogen-bond acceptors (Lipinski definition) is 4. The first-order valence-corrected chi connectivity index (χ1v) is 9.22. The fourth-order valence-corrected chi connectivity index (χ4v) is 2.68. The van der Waals surface area contributed by atoms with Crippen LogP contribution in [0.15, 0.2) is 27.7 Å². The summed E-state index contributed by atoms with van der Waals surface area (Å²) in [7, 11) is 1.51. The van der Waals surface area contributed by atoms with Crippen LogP contribution < -0.4 is 16.0 Å². The van der Waals surface area contributed by atoms with Gasteiger partial charge in [0.1, 0.15) is 0 Å². The fourth-order valence-electron chi connectivity index (χ4n) is 2.68. The number of nitrogens with one attached hydrogen (secondary N) is 3. The Kier molecular flexibility index (Phi) is 10.6. The maximum atomic E-state index is 13.6. The van der Waals surface area contributed by atoms with Gasteiger partial charge in [0.15, 0.2) is 29.2 Å². The summed E-state index contributed by atoms with van der Waals surface area (Å²) in [5.74, 6) is -3.84. The van der Waals surface area contributed by atoms with E-state index < -0.39 is 29.0 Å². The maximum Gasteiger partial charge on any atom is 0.243 e. The number of rotatable bonds is 8. The van der Waals surface area contributed by atoms with Gasteiger partial charge in [-0.05, 0) is 25.0 Å². The predicted octanol–water partition coefficient (Wildman–Crippen LogP) is 3.92. The number of carbonyl (C=O) groups excluding carboxylic acids is 1. The molecule has 1 aromatic carbocycles. The molecule has 0 aliphatic heterocycles. The van der Waals surface area contributed by atoms with E-state index in [1.807, 2.05) is 6.07 Å². The van der Waals surface area contributed by atoms with Crippen molar-refractivity contribution >= 4 is 41.5 Å². The molecule has 2 aromatic rings. The lowest BCUT2D eigenvalue weighted by molar-refractivity contribution is -0.115. The molecule has 7 nitrogen and oxygen atoms in total. The molecule has 3 N–H and O–H groups in total. The van der Waals surface area contributed by atoms with E-state index in [0.717, 1.165) is 30.7 Å². The van der Waals surface area contributed by atoms with Gasteiger partial charge in [0.05, 0.1) is 24.5 Å². The number of hydrogen-bond donors (Lipinski definition) is 3. The van der Waals surface area contributed by atoms with Gasteiger partial charge >= 0.3 is 0 Å². The highest BCUT2D eigenvalue weighted by atomic mass is 127. The second kappa shape index (κ2) is 12.4. The quantitative estimate of drug-likeness (QED) is 0.205. The molecule has 1 heterocycles. The molecule has 0 saturated carbocycles. The van der Waals surface area contributed by atoms with E-state index in [2.05, 4.69) is 39.9 Å². The standard InChI is InChI=1S/C19H24F3N5O2.HI/c1-4-11(5-2)15-8-12(29-27-15)9-24-19(23-3)25-10-16(28)26-14-7-6-13(20)17(21)18(14)22;/h6-8,11H,4-5,9-10H2,1-3H3,(H,26,28)(H2,23,24,25);1H. The van der Waals surface area contributed by atoms with Crippen molar-refractivity contribution < 1.29 is 22.5 Å². The van der Waals surface area contributed by atoms with E-state index in [0.29, 0.717) is 24.2 Å². The molecule has 0 bridgehead atoms. The first-order valence-electron chi connectivity index (χ1n) is 9.22. The molecule has 0 fully saturated rings. The molecule has 0 unspecified atom stereocenters. The molecule has 2 rings (SSSR count). The minimum atomic E-state index is -1.65. The van der Waals surface area contributed by atoms with Gasteiger partial charge in [0, 0.05) is 19.0 Å². The van der Waals surface area contributed by atoms with Gasteiger partial charge in [0.25, 0.3) is 0 Å². The molecule has 11 heteroatoms. The number of amides is 1. The van der Waals surface area contributed by atoms with Gasteiger partial charge in [-0.1, -0.05) is 19.0 Å². The largest absolute Gasteiger partial charge is 0.359 e. The van der Waals surface area contributed by atoms with Crippen molar-refractivity contribution in [3.8, 4) is 0 Å². The summed E-state index contributed by atoms with van der Waals surface area (Å²) in [4.78, 5) is 15.9. The monoisotopic (exact) mass is 539 g/mol. The van der Waals surface area contributed by atoms with Crippen LogP contribution in [0.1, 0.15) is 44.1 Å². The molecule has 0 saturated heterocycles. The summed E-state index contributed by atoms with van der Waals surface area (Å²) in [5, 5.41) is 11.9. The summed E-state index contributed by atoms with van der Waals surface area (Å²) in [6.45, 7) is 4.20. The van der Waals surface area contributed by atoms with Crippen LogP contribution >= 0.6 is 24.0 Å². The van der Waals surface area contributed by atoms with Crippen molar-refractivity contribution in [2.45, 2.75) is 39.2 Å². The van der Waals surface area contributed by atoms with E-state index in [4.69, 9.17) is 4.52 Å². The molecule has 1 aromatic heterocycles. The smallest absolute Gasteiger partial charge is 0.243 e. The molecule has 0 atom stereocenters. The van der Waals surface area contributed by atoms with Gasteiger partial charge in [-0.3, -0.25) is 9.79 Å². The molecular formula is C19H25F3IN5O2. The zero-order valence-corrected chi connectivity index (χ0v) is 19.2. The van der Waals surface area contributed by atoms with E-state index in [1.54, 1.807) is 0 Å². The van der Waals surface area contributed by atoms with Crippen LogP contribution in [-0.2, 0) is 11.3 Å². The maximum absolute atomic E-state index is 13.6. The van der Waals surface area contributed by atoms with Crippen LogP contribution in [0.2, 0.25) is 0 Å². The summed E-state index contributed by atoms with van der Waals surface area (Å²) in [6.07, 6.45) is 1.93. The zero-order chi connectivity index (χ0) is 21.4. The van der Waals surface area contributed by atoms with Gasteiger partial charge in [-0.15, -0.1) is 24.0 Å². The Balaban J connectivity index is 0.00000450. The van der Waals surface area contributed by atoms with Crippen molar-refractivity contribution in [1.82, 2.24) is 15.8 Å². The zero-order valence-electron chi connectivity index (χ0n) is 16.9. The summed E-state index contributed by atoms with van der Waals surface area (Å²) >= 11 is 0. The van der Waals surface area contributed by atoms with E-state index in [9.17, 15) is 18.0 Å². The van der Waals surface area contributed by atoms with Crippen molar-refractivity contribution in [3.05, 3.63) is 47.1 Å². The Labute approximate surface area is 189 Å². The van der Waals surface area contributed by atoms with Crippen molar-refractivity contribution in [2.24, 2.45) is 4.99 Å². The highest BCUT2D eigenvalue weighted by Crippen LogP contribution is 2.22. The third kappa shape index (κ3) is 6.89. The lowest BCUT2D eigenvalue weighted by Crippen LogP contribution is -2.41. The Morgan fingerprint density at radius 3 is 2.50 bits per heavy atom. The predicted molar refractivity (Wildman–Crippen MR) is 118 cm³/mol. The van der Waals surface area contributed by atoms with E-state index in [-0.39, 0.29) is 30.5 Å². The average Bonchev–Trinajstić information content (AvgIpc) is 3.18. The molecule has 0 aliphatic carbocycles. The summed E-state index contributed by atoms with van der Waals surface area (Å²) < 4.78 is 45.0. The number of guanidine groups is 1. The van der Waals surface area contributed by atoms with Crippen LogP contribution in [0.3, 0.4) is 0 Å². The van der Waals surface area contributed by atoms with Crippen LogP contribution in [-0.4, -0.2) is 30.6 Å². The third-order valence-corrected chi connectivity index (χ3v) is 4.36. The molecule has 0 aliphatic rings. The highest BCUT2D eigenvalue weighted by Gasteiger charge is 2.16. The topological polar surface area (TPSA) is 91.5 Å². The van der Waals surface area contributed by atoms with Gasteiger partial charge in [-0.25, -0.2) is 13.2 Å².